The minimum atomic E-state index is -0.439. The van der Waals surface area contributed by atoms with Crippen molar-refractivity contribution >= 4 is 50.9 Å². The fourth-order valence-corrected chi connectivity index (χ4v) is 4.85. The van der Waals surface area contributed by atoms with Crippen LogP contribution in [0.5, 0.6) is 0 Å². The molecule has 0 saturated heterocycles. The monoisotopic (exact) mass is 477 g/mol. The molecule has 0 aliphatic carbocycles. The summed E-state index contributed by atoms with van der Waals surface area (Å²) in [7, 11) is 0. The predicted octanol–water partition coefficient (Wildman–Crippen LogP) is 4.71. The van der Waals surface area contributed by atoms with E-state index in [9.17, 15) is 4.79 Å². The molecule has 2 unspecified atom stereocenters. The lowest BCUT2D eigenvalue weighted by Gasteiger charge is -2.32. The Bertz CT molecular complexity index is 1040. The number of carbonyl (C=O) groups is 1. The highest BCUT2D eigenvalue weighted by Crippen LogP contribution is 2.38. The molecule has 2 heterocycles. The van der Waals surface area contributed by atoms with Crippen molar-refractivity contribution in [2.75, 3.05) is 10.7 Å². The Morgan fingerprint density at radius 3 is 2.68 bits per heavy atom. The van der Waals surface area contributed by atoms with Crippen LogP contribution in [0.25, 0.3) is 0 Å². The number of rotatable bonds is 3. The second kappa shape index (κ2) is 7.77. The van der Waals surface area contributed by atoms with Gasteiger partial charge in [-0.2, -0.15) is 0 Å². The summed E-state index contributed by atoms with van der Waals surface area (Å²) in [6.45, 7) is 3.87. The molecule has 28 heavy (non-hydrogen) atoms. The Kier molecular flexibility index (Phi) is 5.35. The van der Waals surface area contributed by atoms with Crippen molar-refractivity contribution in [1.82, 2.24) is 14.9 Å². The summed E-state index contributed by atoms with van der Waals surface area (Å²) in [4.78, 5) is 13.2. The lowest BCUT2D eigenvalue weighted by molar-refractivity contribution is -0.116. The maximum absolute atomic E-state index is 13.2. The lowest BCUT2D eigenvalue weighted by Crippen LogP contribution is -2.41. The molecular formula is C19H17BrClN5OS. The molecule has 2 atom stereocenters. The number of benzene rings is 2. The number of halogens is 2. The van der Waals surface area contributed by atoms with Crippen molar-refractivity contribution in [3.8, 4) is 0 Å². The molecule has 3 aromatic rings. The minimum Gasteiger partial charge on any atom is -0.324 e. The van der Waals surface area contributed by atoms with Gasteiger partial charge in [0.25, 0.3) is 0 Å². The van der Waals surface area contributed by atoms with E-state index in [1.165, 1.54) is 11.8 Å². The maximum atomic E-state index is 13.2. The molecular weight excluding hydrogens is 462 g/mol. The third kappa shape index (κ3) is 3.76. The third-order valence-electron chi connectivity index (χ3n) is 4.47. The first-order valence-corrected chi connectivity index (χ1v) is 10.6. The van der Waals surface area contributed by atoms with Crippen molar-refractivity contribution in [1.29, 1.82) is 0 Å². The quantitative estimate of drug-likeness (QED) is 0.570. The van der Waals surface area contributed by atoms with Crippen LogP contribution >= 0.6 is 39.3 Å². The second-order valence-corrected chi connectivity index (χ2v) is 8.93. The van der Waals surface area contributed by atoms with Gasteiger partial charge in [-0.1, -0.05) is 41.6 Å². The summed E-state index contributed by atoms with van der Waals surface area (Å²) in [6, 6.07) is 13.0. The molecule has 1 aromatic heterocycles. The summed E-state index contributed by atoms with van der Waals surface area (Å²) in [5.74, 6) is 0.621. The van der Waals surface area contributed by atoms with E-state index < -0.39 is 5.25 Å². The fraction of sp³-hybridized carbons (Fsp3) is 0.211. The average Bonchev–Trinajstić information content (AvgIpc) is 3.04. The van der Waals surface area contributed by atoms with Crippen molar-refractivity contribution in [3.63, 3.8) is 0 Å². The number of nitrogens with zero attached hydrogens (tertiary/aromatic N) is 3. The van der Waals surface area contributed by atoms with Gasteiger partial charge in [0.15, 0.2) is 0 Å². The second-order valence-electron chi connectivity index (χ2n) is 6.53. The summed E-state index contributed by atoms with van der Waals surface area (Å²) >= 11 is 10.9. The van der Waals surface area contributed by atoms with Crippen LogP contribution in [0.3, 0.4) is 0 Å². The van der Waals surface area contributed by atoms with Crippen LogP contribution in [-0.4, -0.2) is 26.0 Å². The molecule has 2 aromatic carbocycles. The molecule has 6 nitrogen and oxygen atoms in total. The molecule has 0 saturated carbocycles. The molecule has 0 fully saturated rings. The molecule has 1 amide bonds. The van der Waals surface area contributed by atoms with Crippen LogP contribution < -0.4 is 10.7 Å². The molecule has 0 bridgehead atoms. The van der Waals surface area contributed by atoms with Gasteiger partial charge >= 0.3 is 0 Å². The van der Waals surface area contributed by atoms with Gasteiger partial charge in [0.05, 0.1) is 11.7 Å². The van der Waals surface area contributed by atoms with Crippen LogP contribution in [0.1, 0.15) is 23.0 Å². The first kappa shape index (κ1) is 19.3. The van der Waals surface area contributed by atoms with Crippen molar-refractivity contribution in [2.24, 2.45) is 0 Å². The van der Waals surface area contributed by atoms with E-state index in [0.29, 0.717) is 10.2 Å². The number of carbonyl (C=O) groups excluding carboxylic acids is 1. The Hall–Kier alpha value is -2.03. The number of aryl methyl sites for hydroxylation is 2. The van der Waals surface area contributed by atoms with Crippen LogP contribution in [0.15, 0.2) is 52.1 Å². The summed E-state index contributed by atoms with van der Waals surface area (Å²) in [5.41, 5.74) is 6.18. The van der Waals surface area contributed by atoms with Crippen LogP contribution in [0.4, 0.5) is 5.69 Å². The Labute approximate surface area is 180 Å². The molecule has 4 rings (SSSR count). The highest BCUT2D eigenvalue weighted by Gasteiger charge is 2.37. The van der Waals surface area contributed by atoms with E-state index in [1.807, 2.05) is 61.0 Å². The van der Waals surface area contributed by atoms with E-state index in [2.05, 4.69) is 36.9 Å². The van der Waals surface area contributed by atoms with Crippen molar-refractivity contribution < 1.29 is 4.79 Å². The largest absolute Gasteiger partial charge is 0.324 e. The molecule has 144 valence electrons. The van der Waals surface area contributed by atoms with Gasteiger partial charge in [0, 0.05) is 9.50 Å². The average molecular weight is 479 g/mol. The van der Waals surface area contributed by atoms with Gasteiger partial charge in [-0.05, 0) is 65.2 Å². The molecule has 2 N–H and O–H groups in total. The summed E-state index contributed by atoms with van der Waals surface area (Å²) < 4.78 is 2.66. The predicted molar refractivity (Wildman–Crippen MR) is 115 cm³/mol. The van der Waals surface area contributed by atoms with Crippen LogP contribution in [0.2, 0.25) is 5.02 Å². The number of aromatic nitrogens is 3. The molecule has 0 radical (unpaired) electrons. The first-order chi connectivity index (χ1) is 13.4. The first-order valence-electron chi connectivity index (χ1n) is 8.60. The SMILES string of the molecule is Cc1ccc(NC(=O)C2Sc3nnc(C)n3NC2c2ccc(Cl)cc2)c(Br)c1. The Morgan fingerprint density at radius 2 is 1.96 bits per heavy atom. The summed E-state index contributed by atoms with van der Waals surface area (Å²) in [5, 5.41) is 12.2. The van der Waals surface area contributed by atoms with Crippen molar-refractivity contribution in [2.45, 2.75) is 30.3 Å². The van der Waals surface area contributed by atoms with Gasteiger partial charge in [-0.3, -0.25) is 4.79 Å². The zero-order valence-corrected chi connectivity index (χ0v) is 18.3. The number of thioether (sulfide) groups is 1. The standard InChI is InChI=1S/C19H17BrClN5OS/c1-10-3-8-15(14(20)9-10)22-18(27)17-16(12-4-6-13(21)7-5-12)25-26-11(2)23-24-19(26)28-17/h3-9,16-17,25H,1-2H3,(H,22,27). The maximum Gasteiger partial charge on any atom is 0.240 e. The Balaban J connectivity index is 1.67. The molecule has 0 spiro atoms. The van der Waals surface area contributed by atoms with Gasteiger partial charge in [0.1, 0.15) is 11.1 Å². The number of nitrogens with one attached hydrogen (secondary N) is 2. The van der Waals surface area contributed by atoms with Crippen molar-refractivity contribution in [3.05, 3.63) is 68.9 Å². The highest BCUT2D eigenvalue weighted by molar-refractivity contribution is 9.10. The Morgan fingerprint density at radius 1 is 1.21 bits per heavy atom. The van der Waals surface area contributed by atoms with Gasteiger partial charge in [0.2, 0.25) is 11.1 Å². The van der Waals surface area contributed by atoms with Gasteiger partial charge < -0.3 is 10.7 Å². The topological polar surface area (TPSA) is 71.8 Å². The van der Waals surface area contributed by atoms with E-state index in [0.717, 1.165) is 27.1 Å². The number of fused-ring (bicyclic) bond motifs is 1. The van der Waals surface area contributed by atoms with E-state index in [4.69, 9.17) is 11.6 Å². The van der Waals surface area contributed by atoms with Crippen LogP contribution in [0, 0.1) is 13.8 Å². The zero-order chi connectivity index (χ0) is 19.8. The highest BCUT2D eigenvalue weighted by atomic mass is 79.9. The van der Waals surface area contributed by atoms with Gasteiger partial charge in [-0.25, -0.2) is 4.68 Å². The van der Waals surface area contributed by atoms with E-state index >= 15 is 0 Å². The smallest absolute Gasteiger partial charge is 0.240 e. The zero-order valence-electron chi connectivity index (χ0n) is 15.1. The number of hydrogen-bond donors (Lipinski definition) is 2. The molecule has 1 aliphatic heterocycles. The molecule has 1 aliphatic rings. The van der Waals surface area contributed by atoms with E-state index in [1.54, 1.807) is 0 Å². The number of anilines is 1. The fourth-order valence-electron chi connectivity index (χ4n) is 3.01. The normalized spacial score (nSPS) is 18.3. The lowest BCUT2D eigenvalue weighted by atomic mass is 10.0. The number of hydrogen-bond acceptors (Lipinski definition) is 5. The van der Waals surface area contributed by atoms with E-state index in [-0.39, 0.29) is 11.9 Å². The third-order valence-corrected chi connectivity index (χ3v) is 6.59. The summed E-state index contributed by atoms with van der Waals surface area (Å²) in [6.07, 6.45) is 0. The van der Waals surface area contributed by atoms with Crippen LogP contribution in [-0.2, 0) is 4.79 Å². The molecule has 9 heteroatoms. The number of amides is 1. The van der Waals surface area contributed by atoms with Gasteiger partial charge in [-0.15, -0.1) is 10.2 Å². The minimum absolute atomic E-state index is 0.117.